The van der Waals surface area contributed by atoms with Crippen LogP contribution in [0, 0.1) is 0 Å². The van der Waals surface area contributed by atoms with E-state index in [1.165, 1.54) is 16.7 Å². The molecule has 1 aliphatic rings. The normalized spacial score (nSPS) is 18.0. The fraction of sp³-hybridized carbons (Fsp3) is 0.368. The van der Waals surface area contributed by atoms with Gasteiger partial charge >= 0.3 is 0 Å². The largest absolute Gasteiger partial charge is 0.297 e. The first-order valence-electron chi connectivity index (χ1n) is 8.07. The van der Waals surface area contributed by atoms with Crippen LogP contribution in [0.25, 0.3) is 11.1 Å². The number of piperazine rings is 1. The number of rotatable bonds is 4. The van der Waals surface area contributed by atoms with E-state index in [9.17, 15) is 0 Å². The zero-order valence-electron chi connectivity index (χ0n) is 13.4. The predicted octanol–water partition coefficient (Wildman–Crippen LogP) is 4.71. The van der Waals surface area contributed by atoms with Crippen molar-refractivity contribution in [3.05, 3.63) is 59.1 Å². The molecule has 1 heterocycles. The lowest BCUT2D eigenvalue weighted by Crippen LogP contribution is -2.47. The number of hydrogen-bond acceptors (Lipinski definition) is 2. The highest BCUT2D eigenvalue weighted by atomic mass is 35.5. The van der Waals surface area contributed by atoms with E-state index in [4.69, 9.17) is 23.2 Å². The first-order valence-corrected chi connectivity index (χ1v) is 8.88. The van der Waals surface area contributed by atoms with Crippen LogP contribution >= 0.6 is 23.2 Å². The summed E-state index contributed by atoms with van der Waals surface area (Å²) in [4.78, 5) is 4.81. The maximum Gasteiger partial charge on any atom is 0.0822 e. The van der Waals surface area contributed by atoms with Crippen molar-refractivity contribution in [1.82, 2.24) is 9.80 Å². The van der Waals surface area contributed by atoms with Crippen LogP contribution in [0.3, 0.4) is 0 Å². The minimum Gasteiger partial charge on any atom is -0.297 e. The van der Waals surface area contributed by atoms with Gasteiger partial charge in [0.15, 0.2) is 0 Å². The van der Waals surface area contributed by atoms with Crippen LogP contribution in [0.4, 0.5) is 0 Å². The summed E-state index contributed by atoms with van der Waals surface area (Å²) >= 11 is 12.1. The molecule has 0 aromatic heterocycles. The fourth-order valence-corrected chi connectivity index (χ4v) is 3.30. The van der Waals surface area contributed by atoms with Gasteiger partial charge in [0, 0.05) is 37.7 Å². The molecule has 1 atom stereocenters. The minimum atomic E-state index is 0.135. The molecular formula is C19H22Cl2N2. The Balaban J connectivity index is 1.59. The fourth-order valence-electron chi connectivity index (χ4n) is 2.98. The number of halogens is 2. The van der Waals surface area contributed by atoms with Gasteiger partial charge in [-0.3, -0.25) is 9.80 Å². The van der Waals surface area contributed by atoms with E-state index in [1.807, 2.05) is 19.1 Å². The Kier molecular flexibility index (Phi) is 5.60. The molecule has 122 valence electrons. The summed E-state index contributed by atoms with van der Waals surface area (Å²) in [5.74, 6) is 0. The smallest absolute Gasteiger partial charge is 0.0822 e. The van der Waals surface area contributed by atoms with E-state index in [0.29, 0.717) is 0 Å². The van der Waals surface area contributed by atoms with Gasteiger partial charge in [-0.15, -0.1) is 11.6 Å². The van der Waals surface area contributed by atoms with Crippen LogP contribution < -0.4 is 0 Å². The van der Waals surface area contributed by atoms with Crippen molar-refractivity contribution < 1.29 is 0 Å². The molecule has 2 aromatic rings. The van der Waals surface area contributed by atoms with Crippen molar-refractivity contribution in [2.24, 2.45) is 0 Å². The minimum absolute atomic E-state index is 0.135. The quantitative estimate of drug-likeness (QED) is 0.583. The molecule has 1 aliphatic heterocycles. The zero-order chi connectivity index (χ0) is 16.2. The second kappa shape index (κ2) is 7.67. The van der Waals surface area contributed by atoms with Crippen molar-refractivity contribution in [1.29, 1.82) is 0 Å². The number of hydrogen-bond donors (Lipinski definition) is 0. The molecule has 0 amide bonds. The molecule has 1 fully saturated rings. The Hall–Kier alpha value is -1.06. The average Bonchev–Trinajstić information content (AvgIpc) is 2.57. The van der Waals surface area contributed by atoms with E-state index in [-0.39, 0.29) is 5.50 Å². The number of benzene rings is 2. The molecule has 1 saturated heterocycles. The Morgan fingerprint density at radius 3 is 1.91 bits per heavy atom. The third-order valence-corrected chi connectivity index (χ3v) is 4.98. The van der Waals surface area contributed by atoms with Gasteiger partial charge in [0.2, 0.25) is 0 Å². The van der Waals surface area contributed by atoms with Gasteiger partial charge in [-0.2, -0.15) is 0 Å². The zero-order valence-corrected chi connectivity index (χ0v) is 14.9. The standard InChI is InChI=1S/C19H22Cl2N2/c1-15(20)23-12-10-22(11-13-23)14-16-2-4-17(5-3-16)18-6-8-19(21)9-7-18/h2-9,15H,10-14H2,1H3/t15-/m0/s1. The second-order valence-corrected chi connectivity index (χ2v) is 7.16. The van der Waals surface area contributed by atoms with Crippen LogP contribution in [0.15, 0.2) is 48.5 Å². The van der Waals surface area contributed by atoms with Crippen molar-refractivity contribution >= 4 is 23.2 Å². The van der Waals surface area contributed by atoms with Crippen LogP contribution in [0.1, 0.15) is 12.5 Å². The molecule has 0 spiro atoms. The predicted molar refractivity (Wildman–Crippen MR) is 99.1 cm³/mol. The maximum absolute atomic E-state index is 6.15. The van der Waals surface area contributed by atoms with E-state index >= 15 is 0 Å². The molecule has 2 nitrogen and oxygen atoms in total. The van der Waals surface area contributed by atoms with Gasteiger partial charge in [-0.05, 0) is 35.7 Å². The van der Waals surface area contributed by atoms with E-state index in [2.05, 4.69) is 46.2 Å². The number of alkyl halides is 1. The summed E-state index contributed by atoms with van der Waals surface area (Å²) in [5.41, 5.74) is 3.92. The maximum atomic E-state index is 6.15. The molecule has 0 radical (unpaired) electrons. The molecule has 23 heavy (non-hydrogen) atoms. The van der Waals surface area contributed by atoms with Crippen LogP contribution in [0.5, 0.6) is 0 Å². The molecule has 4 heteroatoms. The Labute approximate surface area is 148 Å². The molecular weight excluding hydrogens is 327 g/mol. The summed E-state index contributed by atoms with van der Waals surface area (Å²) in [6.45, 7) is 7.31. The summed E-state index contributed by atoms with van der Waals surface area (Å²) in [7, 11) is 0. The average molecular weight is 349 g/mol. The highest BCUT2D eigenvalue weighted by Gasteiger charge is 2.19. The number of nitrogens with zero attached hydrogens (tertiary/aromatic N) is 2. The summed E-state index contributed by atoms with van der Waals surface area (Å²) in [6.07, 6.45) is 0. The van der Waals surface area contributed by atoms with Gasteiger partial charge in [-0.25, -0.2) is 0 Å². The molecule has 0 aliphatic carbocycles. The van der Waals surface area contributed by atoms with Crippen molar-refractivity contribution in [3.63, 3.8) is 0 Å². The van der Waals surface area contributed by atoms with Gasteiger partial charge in [0.1, 0.15) is 0 Å². The summed E-state index contributed by atoms with van der Waals surface area (Å²) in [5, 5.41) is 0.774. The molecule has 3 rings (SSSR count). The second-order valence-electron chi connectivity index (χ2n) is 6.09. The Bertz CT molecular complexity index is 615. The monoisotopic (exact) mass is 348 g/mol. The van der Waals surface area contributed by atoms with Crippen molar-refractivity contribution in [2.45, 2.75) is 19.0 Å². The summed E-state index contributed by atoms with van der Waals surface area (Å²) < 4.78 is 0. The van der Waals surface area contributed by atoms with Gasteiger partial charge in [-0.1, -0.05) is 48.0 Å². The molecule has 0 N–H and O–H groups in total. The van der Waals surface area contributed by atoms with Crippen molar-refractivity contribution in [2.75, 3.05) is 26.2 Å². The van der Waals surface area contributed by atoms with Crippen LogP contribution in [-0.4, -0.2) is 41.5 Å². The van der Waals surface area contributed by atoms with Crippen LogP contribution in [0.2, 0.25) is 5.02 Å². The third-order valence-electron chi connectivity index (χ3n) is 4.45. The first kappa shape index (κ1) is 16.8. The summed E-state index contributed by atoms with van der Waals surface area (Å²) in [6, 6.07) is 16.8. The third kappa shape index (κ3) is 4.48. The van der Waals surface area contributed by atoms with Crippen LogP contribution in [-0.2, 0) is 6.54 Å². The van der Waals surface area contributed by atoms with E-state index in [0.717, 1.165) is 37.7 Å². The molecule has 0 bridgehead atoms. The van der Waals surface area contributed by atoms with Gasteiger partial charge in [0.05, 0.1) is 5.50 Å². The lowest BCUT2D eigenvalue weighted by Gasteiger charge is -2.36. The highest BCUT2D eigenvalue weighted by Crippen LogP contribution is 2.22. The lowest BCUT2D eigenvalue weighted by molar-refractivity contribution is 0.121. The van der Waals surface area contributed by atoms with Gasteiger partial charge < -0.3 is 0 Å². The SMILES string of the molecule is C[C@@H](Cl)N1CCN(Cc2ccc(-c3ccc(Cl)cc3)cc2)CC1. The van der Waals surface area contributed by atoms with E-state index in [1.54, 1.807) is 0 Å². The highest BCUT2D eigenvalue weighted by molar-refractivity contribution is 6.30. The Morgan fingerprint density at radius 2 is 1.39 bits per heavy atom. The molecule has 0 saturated carbocycles. The molecule has 2 aromatic carbocycles. The van der Waals surface area contributed by atoms with E-state index < -0.39 is 0 Å². The van der Waals surface area contributed by atoms with Gasteiger partial charge in [0.25, 0.3) is 0 Å². The molecule has 0 unspecified atom stereocenters. The topological polar surface area (TPSA) is 6.48 Å². The van der Waals surface area contributed by atoms with Crippen molar-refractivity contribution in [3.8, 4) is 11.1 Å². The Morgan fingerprint density at radius 1 is 0.870 bits per heavy atom. The first-order chi connectivity index (χ1) is 11.1. The lowest BCUT2D eigenvalue weighted by atomic mass is 10.0.